The van der Waals surface area contributed by atoms with Crippen molar-refractivity contribution < 1.29 is 4.79 Å². The summed E-state index contributed by atoms with van der Waals surface area (Å²) in [7, 11) is 1.86. The third-order valence-electron chi connectivity index (χ3n) is 2.82. The molecule has 0 saturated carbocycles. The molecule has 2 rings (SSSR count). The Labute approximate surface area is 118 Å². The normalized spacial score (nSPS) is 18.2. The maximum absolute atomic E-state index is 12.0. The number of carbonyl (C=O) groups is 1. The molecule has 1 fully saturated rings. The van der Waals surface area contributed by atoms with E-state index in [2.05, 4.69) is 10.3 Å². The summed E-state index contributed by atoms with van der Waals surface area (Å²) >= 11 is 1.77. The van der Waals surface area contributed by atoms with Crippen LogP contribution in [0.3, 0.4) is 0 Å². The van der Waals surface area contributed by atoms with Crippen molar-refractivity contribution in [2.24, 2.45) is 0 Å². The summed E-state index contributed by atoms with van der Waals surface area (Å²) in [6.07, 6.45) is 2.59. The average molecular weight is 288 g/mol. The summed E-state index contributed by atoms with van der Waals surface area (Å²) in [5.41, 5.74) is 1.03. The van der Waals surface area contributed by atoms with Crippen LogP contribution < -0.4 is 5.32 Å². The fourth-order valence-corrected chi connectivity index (χ4v) is 2.69. The van der Waals surface area contributed by atoms with Gasteiger partial charge in [0.2, 0.25) is 5.91 Å². The molecule has 0 bridgehead atoms. The van der Waals surface area contributed by atoms with Gasteiger partial charge in [-0.15, -0.1) is 24.2 Å². The van der Waals surface area contributed by atoms with Gasteiger partial charge in [-0.2, -0.15) is 0 Å². The molecule has 100 valence electrons. The van der Waals surface area contributed by atoms with E-state index in [9.17, 15) is 4.79 Å². The quantitative estimate of drug-likeness (QED) is 0.903. The van der Waals surface area contributed by atoms with E-state index in [0.717, 1.165) is 30.3 Å². The Balaban J connectivity index is 0.00000162. The van der Waals surface area contributed by atoms with Crippen LogP contribution in [0.15, 0.2) is 24.4 Å². The molecule has 0 aromatic carbocycles. The molecule has 1 N–H and O–H groups in total. The van der Waals surface area contributed by atoms with Crippen LogP contribution in [-0.4, -0.2) is 47.1 Å². The average Bonchev–Trinajstić information content (AvgIpc) is 2.90. The summed E-state index contributed by atoms with van der Waals surface area (Å²) in [5, 5.41) is 3.19. The topological polar surface area (TPSA) is 45.2 Å². The first-order valence-electron chi connectivity index (χ1n) is 5.73. The first-order chi connectivity index (χ1) is 8.27. The molecular formula is C12H18ClN3OS. The number of pyridine rings is 1. The van der Waals surface area contributed by atoms with Gasteiger partial charge in [0.05, 0.1) is 6.04 Å². The van der Waals surface area contributed by atoms with E-state index in [1.165, 1.54) is 0 Å². The highest BCUT2D eigenvalue weighted by atomic mass is 35.5. The molecule has 6 heteroatoms. The molecule has 1 unspecified atom stereocenters. The predicted octanol–water partition coefficient (Wildman–Crippen LogP) is 1.17. The zero-order valence-electron chi connectivity index (χ0n) is 10.3. The minimum atomic E-state index is -0.00580. The summed E-state index contributed by atoms with van der Waals surface area (Å²) in [6.45, 7) is 0.721. The number of aromatic nitrogens is 1. The lowest BCUT2D eigenvalue weighted by molar-refractivity contribution is -0.131. The summed E-state index contributed by atoms with van der Waals surface area (Å²) in [5.74, 6) is 1.95. The highest BCUT2D eigenvalue weighted by Crippen LogP contribution is 2.11. The van der Waals surface area contributed by atoms with E-state index in [0.29, 0.717) is 0 Å². The van der Waals surface area contributed by atoms with Crippen molar-refractivity contribution in [1.82, 2.24) is 15.2 Å². The van der Waals surface area contributed by atoms with E-state index in [-0.39, 0.29) is 24.4 Å². The Morgan fingerprint density at radius 3 is 3.06 bits per heavy atom. The van der Waals surface area contributed by atoms with E-state index in [1.54, 1.807) is 22.9 Å². The van der Waals surface area contributed by atoms with E-state index >= 15 is 0 Å². The highest BCUT2D eigenvalue weighted by Gasteiger charge is 2.25. The van der Waals surface area contributed by atoms with Crippen LogP contribution in [0.1, 0.15) is 5.69 Å². The van der Waals surface area contributed by atoms with Crippen molar-refractivity contribution in [2.45, 2.75) is 12.5 Å². The van der Waals surface area contributed by atoms with Gasteiger partial charge in [0.15, 0.2) is 0 Å². The number of carbonyl (C=O) groups excluding carboxylic acids is 1. The number of thioether (sulfide) groups is 1. The second-order valence-electron chi connectivity index (χ2n) is 4.10. The minimum absolute atomic E-state index is 0. The number of likely N-dealkylation sites (N-methyl/N-ethyl adjacent to an activating group) is 1. The van der Waals surface area contributed by atoms with Gasteiger partial charge in [-0.1, -0.05) is 6.07 Å². The number of amides is 1. The number of hydrogen-bond donors (Lipinski definition) is 1. The van der Waals surface area contributed by atoms with Crippen LogP contribution in [-0.2, 0) is 11.2 Å². The summed E-state index contributed by atoms with van der Waals surface area (Å²) in [4.78, 5) is 18.0. The molecule has 1 atom stereocenters. The van der Waals surface area contributed by atoms with Gasteiger partial charge in [-0.25, -0.2) is 0 Å². The number of rotatable bonds is 4. The minimum Gasteiger partial charge on any atom is -0.344 e. The van der Waals surface area contributed by atoms with E-state index < -0.39 is 0 Å². The fraction of sp³-hybridized carbons (Fsp3) is 0.500. The Bertz CT molecular complexity index is 371. The van der Waals surface area contributed by atoms with Crippen molar-refractivity contribution in [3.63, 3.8) is 0 Å². The molecule has 0 aliphatic carbocycles. The van der Waals surface area contributed by atoms with Crippen molar-refractivity contribution >= 4 is 30.1 Å². The third-order valence-corrected chi connectivity index (χ3v) is 3.76. The Morgan fingerprint density at radius 1 is 1.61 bits per heavy atom. The maximum atomic E-state index is 12.0. The van der Waals surface area contributed by atoms with E-state index in [1.807, 2.05) is 25.2 Å². The van der Waals surface area contributed by atoms with Crippen molar-refractivity contribution in [2.75, 3.05) is 25.2 Å². The Morgan fingerprint density at radius 2 is 2.44 bits per heavy atom. The molecule has 0 radical (unpaired) electrons. The molecule has 4 nitrogen and oxygen atoms in total. The van der Waals surface area contributed by atoms with Crippen molar-refractivity contribution in [3.8, 4) is 0 Å². The zero-order chi connectivity index (χ0) is 12.1. The van der Waals surface area contributed by atoms with Gasteiger partial charge in [-0.05, 0) is 12.1 Å². The van der Waals surface area contributed by atoms with Crippen LogP contribution in [0.5, 0.6) is 0 Å². The summed E-state index contributed by atoms with van der Waals surface area (Å²) in [6, 6.07) is 5.85. The van der Waals surface area contributed by atoms with Crippen LogP contribution in [0.25, 0.3) is 0 Å². The van der Waals surface area contributed by atoms with Gasteiger partial charge in [0, 0.05) is 43.5 Å². The smallest absolute Gasteiger partial charge is 0.240 e. The molecule has 2 heterocycles. The lowest BCUT2D eigenvalue weighted by Crippen LogP contribution is -2.43. The fourth-order valence-electron chi connectivity index (χ4n) is 1.76. The largest absolute Gasteiger partial charge is 0.344 e. The molecule has 1 saturated heterocycles. The molecule has 1 aliphatic rings. The van der Waals surface area contributed by atoms with Crippen molar-refractivity contribution in [1.29, 1.82) is 0 Å². The number of halogens is 1. The number of hydrogen-bond acceptors (Lipinski definition) is 4. The summed E-state index contributed by atoms with van der Waals surface area (Å²) < 4.78 is 0. The number of nitrogens with zero attached hydrogens (tertiary/aromatic N) is 2. The first-order valence-corrected chi connectivity index (χ1v) is 6.89. The number of nitrogens with one attached hydrogen (secondary N) is 1. The van der Waals surface area contributed by atoms with Crippen LogP contribution in [0.4, 0.5) is 0 Å². The van der Waals surface area contributed by atoms with Crippen LogP contribution in [0.2, 0.25) is 0 Å². The second-order valence-corrected chi connectivity index (χ2v) is 5.13. The molecular weight excluding hydrogens is 270 g/mol. The molecule has 1 amide bonds. The van der Waals surface area contributed by atoms with Gasteiger partial charge in [0.1, 0.15) is 0 Å². The predicted molar refractivity (Wildman–Crippen MR) is 77.1 cm³/mol. The SMILES string of the molecule is CN(CCc1ccccn1)C(=O)C1CSCN1.Cl. The lowest BCUT2D eigenvalue weighted by Gasteiger charge is -2.20. The molecule has 1 aromatic rings. The molecule has 0 spiro atoms. The van der Waals surface area contributed by atoms with Crippen molar-refractivity contribution in [3.05, 3.63) is 30.1 Å². The zero-order valence-corrected chi connectivity index (χ0v) is 12.0. The maximum Gasteiger partial charge on any atom is 0.240 e. The van der Waals surface area contributed by atoms with Gasteiger partial charge in [0.25, 0.3) is 0 Å². The third kappa shape index (κ3) is 4.15. The van der Waals surface area contributed by atoms with Gasteiger partial charge < -0.3 is 4.90 Å². The molecule has 1 aromatic heterocycles. The Kier molecular flexibility index (Phi) is 6.46. The molecule has 18 heavy (non-hydrogen) atoms. The van der Waals surface area contributed by atoms with E-state index in [4.69, 9.17) is 0 Å². The van der Waals surface area contributed by atoms with Crippen LogP contribution in [0, 0.1) is 0 Å². The molecule has 1 aliphatic heterocycles. The van der Waals surface area contributed by atoms with Crippen LogP contribution >= 0.6 is 24.2 Å². The Hall–Kier alpha value is -0.780. The highest BCUT2D eigenvalue weighted by molar-refractivity contribution is 7.99. The first kappa shape index (κ1) is 15.3. The van der Waals surface area contributed by atoms with Gasteiger partial charge in [-0.3, -0.25) is 15.1 Å². The second kappa shape index (κ2) is 7.61. The lowest BCUT2D eigenvalue weighted by atomic mass is 10.2. The monoisotopic (exact) mass is 287 g/mol. The van der Waals surface area contributed by atoms with Gasteiger partial charge >= 0.3 is 0 Å². The standard InChI is InChI=1S/C12H17N3OS.ClH/c1-15(12(16)11-8-17-9-14-11)7-5-10-4-2-3-6-13-10;/h2-4,6,11,14H,5,7-9H2,1H3;1H.